The van der Waals surface area contributed by atoms with Crippen LogP contribution in [0.1, 0.15) is 39.0 Å². The molecule has 4 N–H and O–H groups in total. The van der Waals surface area contributed by atoms with E-state index in [1.54, 1.807) is 19.1 Å². The molecule has 4 aliphatic rings. The van der Waals surface area contributed by atoms with Crippen LogP contribution in [-0.2, 0) is 10.0 Å². The van der Waals surface area contributed by atoms with Crippen LogP contribution < -0.4 is 15.8 Å². The van der Waals surface area contributed by atoms with Gasteiger partial charge in [0.15, 0.2) is 0 Å². The molecule has 3 bridgehead atoms. The normalized spacial score (nSPS) is 40.8. The van der Waals surface area contributed by atoms with Gasteiger partial charge >= 0.3 is 0 Å². The van der Waals surface area contributed by atoms with Gasteiger partial charge in [-0.2, -0.15) is 0 Å². The summed E-state index contributed by atoms with van der Waals surface area (Å²) < 4.78 is 26.8. The summed E-state index contributed by atoms with van der Waals surface area (Å²) in [5.74, 6) is 3.48. The average molecular weight is 362 g/mol. The third-order valence-electron chi connectivity index (χ3n) is 7.66. The molecular formula is C19H27N3O2S. The number of benzene rings is 1. The number of nitrogens with one attached hydrogen (secondary N) is 2. The molecule has 4 saturated carbocycles. The van der Waals surface area contributed by atoms with Gasteiger partial charge < -0.3 is 11.1 Å². The first-order valence-corrected chi connectivity index (χ1v) is 11.1. The topological polar surface area (TPSA) is 84.2 Å². The van der Waals surface area contributed by atoms with Gasteiger partial charge in [0, 0.05) is 12.6 Å². The van der Waals surface area contributed by atoms with Crippen LogP contribution in [0.2, 0.25) is 0 Å². The minimum Gasteiger partial charge on any atom is -0.397 e. The van der Waals surface area contributed by atoms with Gasteiger partial charge in [-0.1, -0.05) is 6.92 Å². The van der Waals surface area contributed by atoms with Gasteiger partial charge in [0.1, 0.15) is 0 Å². The van der Waals surface area contributed by atoms with Gasteiger partial charge in [0.05, 0.1) is 16.3 Å². The highest BCUT2D eigenvalue weighted by molar-refractivity contribution is 7.89. The van der Waals surface area contributed by atoms with Crippen LogP contribution in [0.25, 0.3) is 0 Å². The highest BCUT2D eigenvalue weighted by Gasteiger charge is 2.68. The second kappa shape index (κ2) is 5.13. The maximum Gasteiger partial charge on any atom is 0.240 e. The molecular weight excluding hydrogens is 334 g/mol. The van der Waals surface area contributed by atoms with Gasteiger partial charge in [-0.3, -0.25) is 0 Å². The molecule has 25 heavy (non-hydrogen) atoms. The Bertz CT molecular complexity index is 798. The van der Waals surface area contributed by atoms with E-state index in [1.807, 2.05) is 6.07 Å². The molecule has 0 aromatic heterocycles. The van der Waals surface area contributed by atoms with Crippen molar-refractivity contribution < 1.29 is 8.42 Å². The smallest absolute Gasteiger partial charge is 0.240 e. The molecule has 5 nitrogen and oxygen atoms in total. The summed E-state index contributed by atoms with van der Waals surface area (Å²) in [4.78, 5) is 0.239. The predicted octanol–water partition coefficient (Wildman–Crippen LogP) is 2.80. The quantitative estimate of drug-likeness (QED) is 0.704. The van der Waals surface area contributed by atoms with Crippen molar-refractivity contribution in [3.63, 3.8) is 0 Å². The Morgan fingerprint density at radius 1 is 1.16 bits per heavy atom. The number of hydrogen-bond acceptors (Lipinski definition) is 4. The van der Waals surface area contributed by atoms with Crippen molar-refractivity contribution in [1.82, 2.24) is 4.72 Å². The van der Waals surface area contributed by atoms with Crippen LogP contribution in [0, 0.1) is 29.1 Å². The molecule has 0 amide bonds. The Morgan fingerprint density at radius 3 is 2.44 bits per heavy atom. The van der Waals surface area contributed by atoms with E-state index in [9.17, 15) is 8.42 Å². The minimum absolute atomic E-state index is 0.239. The zero-order valence-corrected chi connectivity index (χ0v) is 15.5. The van der Waals surface area contributed by atoms with Gasteiger partial charge in [0.25, 0.3) is 0 Å². The van der Waals surface area contributed by atoms with Crippen LogP contribution in [0.15, 0.2) is 23.1 Å². The van der Waals surface area contributed by atoms with Crippen molar-refractivity contribution in [2.45, 2.75) is 50.0 Å². The second-order valence-corrected chi connectivity index (χ2v) is 10.4. The van der Waals surface area contributed by atoms with Crippen LogP contribution >= 0.6 is 0 Å². The summed E-state index contributed by atoms with van der Waals surface area (Å²) in [6.07, 6.45) is 7.00. The highest BCUT2D eigenvalue weighted by Crippen LogP contribution is 2.75. The summed E-state index contributed by atoms with van der Waals surface area (Å²) >= 11 is 0. The lowest BCUT2D eigenvalue weighted by Crippen LogP contribution is -2.42. The van der Waals surface area contributed by atoms with Crippen molar-refractivity contribution in [3.05, 3.63) is 18.2 Å². The standard InChI is InChI=1S/C19H27N3O2S/c1-2-21-25(23,24)15-3-4-17(16(20)8-15)22-18-11-5-13-7-14-6-12(18)10-19(13,14)9-11/h3-4,8,11-14,18,21-22H,2,5-7,9-10,20H2,1H3. The summed E-state index contributed by atoms with van der Waals surface area (Å²) in [6, 6.07) is 5.58. The van der Waals surface area contributed by atoms with Crippen LogP contribution in [-0.4, -0.2) is 21.0 Å². The first kappa shape index (κ1) is 15.9. The van der Waals surface area contributed by atoms with Gasteiger partial charge in [-0.15, -0.1) is 0 Å². The molecule has 1 aromatic carbocycles. The van der Waals surface area contributed by atoms with E-state index in [1.165, 1.54) is 32.1 Å². The summed E-state index contributed by atoms with van der Waals surface area (Å²) in [5.41, 5.74) is 8.33. The third kappa shape index (κ3) is 2.13. The number of fused-ring (bicyclic) bond motifs is 2. The fraction of sp³-hybridized carbons (Fsp3) is 0.684. The third-order valence-corrected chi connectivity index (χ3v) is 9.20. The predicted molar refractivity (Wildman–Crippen MR) is 98.6 cm³/mol. The van der Waals surface area contributed by atoms with E-state index in [-0.39, 0.29) is 4.90 Å². The van der Waals surface area contributed by atoms with Crippen molar-refractivity contribution in [2.75, 3.05) is 17.6 Å². The van der Waals surface area contributed by atoms with E-state index in [0.29, 0.717) is 23.7 Å². The fourth-order valence-corrected chi connectivity index (χ4v) is 7.81. The van der Waals surface area contributed by atoms with E-state index < -0.39 is 10.0 Å². The van der Waals surface area contributed by atoms with E-state index in [0.717, 1.165) is 29.4 Å². The van der Waals surface area contributed by atoms with Crippen LogP contribution in [0.4, 0.5) is 11.4 Å². The maximum absolute atomic E-state index is 12.1. The van der Waals surface area contributed by atoms with Crippen LogP contribution in [0.3, 0.4) is 0 Å². The maximum atomic E-state index is 12.1. The summed E-state index contributed by atoms with van der Waals surface area (Å²) in [5, 5.41) is 3.71. The minimum atomic E-state index is -3.46. The lowest BCUT2D eigenvalue weighted by Gasteiger charge is -2.49. The number of nitrogens with two attached hydrogens (primary N) is 1. The first-order valence-electron chi connectivity index (χ1n) is 9.58. The number of rotatable bonds is 5. The molecule has 0 aliphatic heterocycles. The Balaban J connectivity index is 1.38. The molecule has 1 spiro atoms. The van der Waals surface area contributed by atoms with Gasteiger partial charge in [-0.25, -0.2) is 13.1 Å². The highest BCUT2D eigenvalue weighted by atomic mass is 32.2. The SMILES string of the molecule is CCNS(=O)(=O)c1ccc(NC2C3CC4CC5CC2CC45C3)c(N)c1. The number of sulfonamides is 1. The van der Waals surface area contributed by atoms with Crippen LogP contribution in [0.5, 0.6) is 0 Å². The molecule has 4 fully saturated rings. The number of anilines is 2. The largest absolute Gasteiger partial charge is 0.397 e. The lowest BCUT2D eigenvalue weighted by atomic mass is 9.56. The zero-order chi connectivity index (χ0) is 17.4. The Kier molecular flexibility index (Phi) is 3.27. The monoisotopic (exact) mass is 361 g/mol. The van der Waals surface area contributed by atoms with Crippen molar-refractivity contribution in [2.24, 2.45) is 29.1 Å². The molecule has 0 radical (unpaired) electrons. The number of nitrogen functional groups attached to an aromatic ring is 1. The van der Waals surface area contributed by atoms with Crippen molar-refractivity contribution in [1.29, 1.82) is 0 Å². The Morgan fingerprint density at radius 2 is 1.84 bits per heavy atom. The fourth-order valence-electron chi connectivity index (χ4n) is 6.73. The summed E-state index contributed by atoms with van der Waals surface area (Å²) in [6.45, 7) is 2.14. The van der Waals surface area contributed by atoms with E-state index >= 15 is 0 Å². The second-order valence-electron chi connectivity index (χ2n) is 8.68. The average Bonchev–Trinajstić information content (AvgIpc) is 2.94. The van der Waals surface area contributed by atoms with E-state index in [2.05, 4.69) is 10.0 Å². The molecule has 0 saturated heterocycles. The Hall–Kier alpha value is -1.27. The molecule has 0 heterocycles. The lowest BCUT2D eigenvalue weighted by molar-refractivity contribution is 0.000288. The molecule has 5 rings (SSSR count). The molecule has 1 aromatic rings. The Labute approximate surface area is 149 Å². The van der Waals surface area contributed by atoms with Crippen molar-refractivity contribution in [3.8, 4) is 0 Å². The molecule has 4 aliphatic carbocycles. The first-order chi connectivity index (χ1) is 11.9. The van der Waals surface area contributed by atoms with Crippen molar-refractivity contribution >= 4 is 21.4 Å². The molecule has 136 valence electrons. The number of hydrogen-bond donors (Lipinski definition) is 3. The summed E-state index contributed by atoms with van der Waals surface area (Å²) in [7, 11) is -3.46. The molecule has 6 heteroatoms. The van der Waals surface area contributed by atoms with Gasteiger partial charge in [-0.05, 0) is 79.4 Å². The van der Waals surface area contributed by atoms with E-state index in [4.69, 9.17) is 5.73 Å². The molecule has 4 unspecified atom stereocenters. The zero-order valence-electron chi connectivity index (χ0n) is 14.7. The van der Waals surface area contributed by atoms with Gasteiger partial charge in [0.2, 0.25) is 10.0 Å². The molecule has 4 atom stereocenters.